The van der Waals surface area contributed by atoms with Crippen LogP contribution in [-0.2, 0) is 19.6 Å². The van der Waals surface area contributed by atoms with Crippen molar-refractivity contribution in [3.63, 3.8) is 0 Å². The van der Waals surface area contributed by atoms with E-state index in [9.17, 15) is 0 Å². The monoisotopic (exact) mass is 259 g/mol. The molecule has 1 aromatic heterocycles. The summed E-state index contributed by atoms with van der Waals surface area (Å²) in [6.07, 6.45) is 3.14. The van der Waals surface area contributed by atoms with Crippen molar-refractivity contribution >= 4 is 0 Å². The number of rotatable bonds is 7. The van der Waals surface area contributed by atoms with E-state index < -0.39 is 0 Å². The molecule has 4 nitrogen and oxygen atoms in total. The van der Waals surface area contributed by atoms with Crippen LogP contribution in [0.3, 0.4) is 0 Å². The Morgan fingerprint density at radius 1 is 1.26 bits per heavy atom. The Labute approximate surface area is 114 Å². The zero-order chi connectivity index (χ0) is 13.5. The van der Waals surface area contributed by atoms with Gasteiger partial charge in [-0.15, -0.1) is 0 Å². The first-order valence-electron chi connectivity index (χ1n) is 6.68. The Kier molecular flexibility index (Phi) is 4.98. The molecule has 0 fully saturated rings. The molecule has 0 aliphatic heterocycles. The van der Waals surface area contributed by atoms with Crippen molar-refractivity contribution in [2.75, 3.05) is 7.11 Å². The summed E-state index contributed by atoms with van der Waals surface area (Å²) in [4.78, 5) is 0. The van der Waals surface area contributed by atoms with Gasteiger partial charge in [-0.05, 0) is 30.2 Å². The van der Waals surface area contributed by atoms with Crippen molar-refractivity contribution in [2.24, 2.45) is 0 Å². The average molecular weight is 259 g/mol. The van der Waals surface area contributed by atoms with E-state index in [2.05, 4.69) is 29.5 Å². The minimum absolute atomic E-state index is 0.786. The van der Waals surface area contributed by atoms with E-state index >= 15 is 0 Å². The van der Waals surface area contributed by atoms with Gasteiger partial charge in [-0.3, -0.25) is 4.68 Å². The minimum atomic E-state index is 0.786. The number of nitrogens with one attached hydrogen (secondary N) is 1. The van der Waals surface area contributed by atoms with Gasteiger partial charge >= 0.3 is 0 Å². The second-order valence-corrected chi connectivity index (χ2v) is 4.53. The minimum Gasteiger partial charge on any atom is -0.497 e. The molecule has 0 saturated carbocycles. The normalized spacial score (nSPS) is 10.6. The number of methoxy groups -OCH3 is 1. The lowest BCUT2D eigenvalue weighted by atomic mass is 10.2. The third-order valence-electron chi connectivity index (χ3n) is 2.92. The quantitative estimate of drug-likeness (QED) is 0.830. The van der Waals surface area contributed by atoms with Crippen LogP contribution in [0.4, 0.5) is 0 Å². The van der Waals surface area contributed by atoms with Crippen molar-refractivity contribution in [1.29, 1.82) is 0 Å². The van der Waals surface area contributed by atoms with Crippen molar-refractivity contribution in [1.82, 2.24) is 15.1 Å². The summed E-state index contributed by atoms with van der Waals surface area (Å²) in [5.74, 6) is 0.895. The summed E-state index contributed by atoms with van der Waals surface area (Å²) in [7, 11) is 1.69. The number of nitrogens with zero attached hydrogens (tertiary/aromatic N) is 2. The highest BCUT2D eigenvalue weighted by atomic mass is 16.5. The molecule has 4 heteroatoms. The Morgan fingerprint density at radius 2 is 2.16 bits per heavy atom. The maximum absolute atomic E-state index is 5.21. The van der Waals surface area contributed by atoms with Crippen LogP contribution < -0.4 is 10.1 Å². The Bertz CT molecular complexity index is 508. The fourth-order valence-electron chi connectivity index (χ4n) is 1.97. The number of aryl methyl sites for hydroxylation is 1. The molecule has 1 aromatic carbocycles. The van der Waals surface area contributed by atoms with Gasteiger partial charge < -0.3 is 10.1 Å². The summed E-state index contributed by atoms with van der Waals surface area (Å²) in [6.45, 7) is 4.74. The van der Waals surface area contributed by atoms with Crippen LogP contribution in [0, 0.1) is 0 Å². The van der Waals surface area contributed by atoms with Crippen LogP contribution in [0.25, 0.3) is 0 Å². The Morgan fingerprint density at radius 3 is 2.95 bits per heavy atom. The van der Waals surface area contributed by atoms with E-state index in [0.29, 0.717) is 0 Å². The van der Waals surface area contributed by atoms with Gasteiger partial charge in [-0.1, -0.05) is 19.1 Å². The molecular weight excluding hydrogens is 238 g/mol. The van der Waals surface area contributed by atoms with Crippen molar-refractivity contribution in [3.05, 3.63) is 47.8 Å². The summed E-state index contributed by atoms with van der Waals surface area (Å²) in [6, 6.07) is 10.2. The van der Waals surface area contributed by atoms with Crippen LogP contribution in [0.15, 0.2) is 36.5 Å². The summed E-state index contributed by atoms with van der Waals surface area (Å²) >= 11 is 0. The van der Waals surface area contributed by atoms with Crippen LogP contribution in [0.5, 0.6) is 5.75 Å². The van der Waals surface area contributed by atoms with E-state index in [1.807, 2.05) is 29.1 Å². The molecule has 19 heavy (non-hydrogen) atoms. The van der Waals surface area contributed by atoms with Crippen molar-refractivity contribution in [2.45, 2.75) is 33.0 Å². The molecule has 0 atom stereocenters. The smallest absolute Gasteiger partial charge is 0.119 e. The zero-order valence-corrected chi connectivity index (χ0v) is 11.6. The predicted octanol–water partition coefficient (Wildman–Crippen LogP) is 2.59. The summed E-state index contributed by atoms with van der Waals surface area (Å²) in [5.41, 5.74) is 2.30. The Balaban J connectivity index is 1.81. The van der Waals surface area contributed by atoms with Crippen molar-refractivity contribution < 1.29 is 4.74 Å². The lowest BCUT2D eigenvalue weighted by molar-refractivity contribution is 0.414. The Hall–Kier alpha value is -1.81. The fraction of sp³-hybridized carbons (Fsp3) is 0.400. The average Bonchev–Trinajstić information content (AvgIpc) is 2.87. The molecule has 1 heterocycles. The molecule has 0 spiro atoms. The lowest BCUT2D eigenvalue weighted by Gasteiger charge is -2.05. The van der Waals surface area contributed by atoms with Crippen LogP contribution in [0.1, 0.15) is 24.6 Å². The standard InChI is InChI=1S/C15H21N3O/c1-3-8-18-9-7-14(17-18)12-16-11-13-5-4-6-15(10-13)19-2/h4-7,9-10,16H,3,8,11-12H2,1-2H3. The third-order valence-corrected chi connectivity index (χ3v) is 2.92. The molecule has 1 N–H and O–H groups in total. The van der Waals surface area contributed by atoms with Crippen LogP contribution in [0.2, 0.25) is 0 Å². The van der Waals surface area contributed by atoms with Crippen LogP contribution in [-0.4, -0.2) is 16.9 Å². The van der Waals surface area contributed by atoms with Crippen LogP contribution >= 0.6 is 0 Å². The van der Waals surface area contributed by atoms with Gasteiger partial charge in [0.15, 0.2) is 0 Å². The van der Waals surface area contributed by atoms with Gasteiger partial charge in [0.25, 0.3) is 0 Å². The first-order chi connectivity index (χ1) is 9.31. The van der Waals surface area contributed by atoms with Gasteiger partial charge in [0.1, 0.15) is 5.75 Å². The largest absolute Gasteiger partial charge is 0.497 e. The second-order valence-electron chi connectivity index (χ2n) is 4.53. The van der Waals surface area contributed by atoms with Gasteiger partial charge in [0, 0.05) is 25.8 Å². The first-order valence-corrected chi connectivity index (χ1v) is 6.68. The maximum atomic E-state index is 5.21. The number of hydrogen-bond acceptors (Lipinski definition) is 3. The highest BCUT2D eigenvalue weighted by Crippen LogP contribution is 2.12. The molecule has 0 unspecified atom stereocenters. The lowest BCUT2D eigenvalue weighted by Crippen LogP contribution is -2.13. The number of benzene rings is 1. The highest BCUT2D eigenvalue weighted by molar-refractivity contribution is 5.28. The van der Waals surface area contributed by atoms with E-state index in [1.54, 1.807) is 7.11 Å². The van der Waals surface area contributed by atoms with E-state index in [-0.39, 0.29) is 0 Å². The van der Waals surface area contributed by atoms with Crippen molar-refractivity contribution in [3.8, 4) is 5.75 Å². The number of aromatic nitrogens is 2. The summed E-state index contributed by atoms with van der Waals surface area (Å²) < 4.78 is 7.19. The molecule has 0 radical (unpaired) electrons. The zero-order valence-electron chi connectivity index (χ0n) is 11.6. The van der Waals surface area contributed by atoms with E-state index in [1.165, 1.54) is 5.56 Å². The summed E-state index contributed by atoms with van der Waals surface area (Å²) in [5, 5.41) is 7.89. The highest BCUT2D eigenvalue weighted by Gasteiger charge is 1.99. The number of hydrogen-bond donors (Lipinski definition) is 1. The molecule has 0 bridgehead atoms. The SMILES string of the molecule is CCCn1ccc(CNCc2cccc(OC)c2)n1. The van der Waals surface area contributed by atoms with Gasteiger partial charge in [0.2, 0.25) is 0 Å². The second kappa shape index (κ2) is 6.95. The molecule has 0 aliphatic rings. The predicted molar refractivity (Wildman–Crippen MR) is 76.1 cm³/mol. The molecule has 2 rings (SSSR count). The molecular formula is C15H21N3O. The molecule has 0 aliphatic carbocycles. The molecule has 102 valence electrons. The van der Waals surface area contributed by atoms with E-state index in [0.717, 1.165) is 37.5 Å². The number of ether oxygens (including phenoxy) is 1. The molecule has 2 aromatic rings. The van der Waals surface area contributed by atoms with Gasteiger partial charge in [0.05, 0.1) is 12.8 Å². The van der Waals surface area contributed by atoms with E-state index in [4.69, 9.17) is 4.74 Å². The maximum Gasteiger partial charge on any atom is 0.119 e. The molecule has 0 amide bonds. The molecule has 0 saturated heterocycles. The third kappa shape index (κ3) is 4.10. The fourth-order valence-corrected chi connectivity index (χ4v) is 1.97. The van der Waals surface area contributed by atoms with Gasteiger partial charge in [-0.2, -0.15) is 5.10 Å². The van der Waals surface area contributed by atoms with Gasteiger partial charge in [-0.25, -0.2) is 0 Å². The first kappa shape index (κ1) is 13.6. The topological polar surface area (TPSA) is 39.1 Å².